The van der Waals surface area contributed by atoms with Gasteiger partial charge < -0.3 is 9.67 Å². The van der Waals surface area contributed by atoms with Gasteiger partial charge in [-0.2, -0.15) is 5.26 Å². The molecule has 2 aromatic heterocycles. The lowest BCUT2D eigenvalue weighted by atomic mass is 10.2. The molecule has 98 valence electrons. The largest absolute Gasteiger partial charge is 0.392 e. The van der Waals surface area contributed by atoms with Gasteiger partial charge in [0, 0.05) is 35.4 Å². The molecule has 4 nitrogen and oxygen atoms in total. The molecule has 0 atom stereocenters. The second-order valence-corrected chi connectivity index (χ2v) is 4.62. The van der Waals surface area contributed by atoms with E-state index in [-0.39, 0.29) is 6.61 Å². The molecule has 3 aromatic rings. The number of nitrogens with zero attached hydrogens (tertiary/aromatic N) is 3. The molecule has 0 amide bonds. The van der Waals surface area contributed by atoms with E-state index in [4.69, 9.17) is 5.26 Å². The molecule has 0 aliphatic rings. The van der Waals surface area contributed by atoms with Crippen molar-refractivity contribution in [1.29, 1.82) is 5.26 Å². The van der Waals surface area contributed by atoms with Crippen LogP contribution in [0.25, 0.3) is 10.9 Å². The van der Waals surface area contributed by atoms with Crippen molar-refractivity contribution in [3.63, 3.8) is 0 Å². The van der Waals surface area contributed by atoms with Crippen molar-refractivity contribution >= 4 is 10.9 Å². The van der Waals surface area contributed by atoms with E-state index in [0.717, 1.165) is 22.0 Å². The number of para-hydroxylation sites is 1. The molecule has 0 saturated carbocycles. The molecule has 1 N–H and O–H groups in total. The Balaban J connectivity index is 2.04. The zero-order chi connectivity index (χ0) is 13.9. The molecule has 0 bridgehead atoms. The quantitative estimate of drug-likeness (QED) is 0.789. The second-order valence-electron chi connectivity index (χ2n) is 4.62. The van der Waals surface area contributed by atoms with E-state index in [1.165, 1.54) is 0 Å². The summed E-state index contributed by atoms with van der Waals surface area (Å²) in [6, 6.07) is 13.7. The highest BCUT2D eigenvalue weighted by Crippen LogP contribution is 2.22. The zero-order valence-electron chi connectivity index (χ0n) is 10.8. The van der Waals surface area contributed by atoms with E-state index >= 15 is 0 Å². The van der Waals surface area contributed by atoms with Gasteiger partial charge in [-0.15, -0.1) is 0 Å². The van der Waals surface area contributed by atoms with Gasteiger partial charge in [-0.05, 0) is 23.8 Å². The SMILES string of the molecule is N#Cc1cc(Cn2cc(CO)c3ccccc32)ccn1. The molecule has 0 fully saturated rings. The number of nitriles is 1. The Hall–Kier alpha value is -2.64. The summed E-state index contributed by atoms with van der Waals surface area (Å²) in [4.78, 5) is 3.97. The van der Waals surface area contributed by atoms with E-state index in [9.17, 15) is 5.11 Å². The maximum atomic E-state index is 9.43. The first kappa shape index (κ1) is 12.4. The number of fused-ring (bicyclic) bond motifs is 1. The van der Waals surface area contributed by atoms with E-state index in [0.29, 0.717) is 12.2 Å². The first-order valence-electron chi connectivity index (χ1n) is 6.34. The molecule has 0 aliphatic carbocycles. The molecular weight excluding hydrogens is 250 g/mol. The average Bonchev–Trinajstić information content (AvgIpc) is 2.86. The number of aliphatic hydroxyl groups is 1. The van der Waals surface area contributed by atoms with Gasteiger partial charge in [0.15, 0.2) is 0 Å². The number of aliphatic hydroxyl groups excluding tert-OH is 1. The second kappa shape index (κ2) is 5.16. The highest BCUT2D eigenvalue weighted by molar-refractivity contribution is 5.83. The van der Waals surface area contributed by atoms with Crippen LogP contribution in [-0.4, -0.2) is 14.7 Å². The Bertz CT molecular complexity index is 799. The van der Waals surface area contributed by atoms with Crippen LogP contribution < -0.4 is 0 Å². The first-order valence-corrected chi connectivity index (χ1v) is 6.34. The maximum Gasteiger partial charge on any atom is 0.140 e. The standard InChI is InChI=1S/C16H13N3O/c17-8-14-7-12(5-6-18-14)9-19-10-13(11-20)15-3-1-2-4-16(15)19/h1-7,10,20H,9,11H2. The number of aromatic nitrogens is 2. The van der Waals surface area contributed by atoms with Crippen LogP contribution in [0.3, 0.4) is 0 Å². The minimum atomic E-state index is 0.0211. The zero-order valence-corrected chi connectivity index (χ0v) is 10.8. The van der Waals surface area contributed by atoms with Gasteiger partial charge in [-0.1, -0.05) is 18.2 Å². The van der Waals surface area contributed by atoms with Gasteiger partial charge in [0.2, 0.25) is 0 Å². The fraction of sp³-hybridized carbons (Fsp3) is 0.125. The van der Waals surface area contributed by atoms with E-state index in [1.54, 1.807) is 12.3 Å². The van der Waals surface area contributed by atoms with Crippen LogP contribution in [0.2, 0.25) is 0 Å². The van der Waals surface area contributed by atoms with E-state index in [2.05, 4.69) is 9.55 Å². The van der Waals surface area contributed by atoms with Gasteiger partial charge in [-0.3, -0.25) is 0 Å². The third kappa shape index (κ3) is 2.15. The lowest BCUT2D eigenvalue weighted by Gasteiger charge is -2.05. The molecular formula is C16H13N3O. The van der Waals surface area contributed by atoms with Crippen LogP contribution in [-0.2, 0) is 13.2 Å². The van der Waals surface area contributed by atoms with Gasteiger partial charge in [0.25, 0.3) is 0 Å². The minimum Gasteiger partial charge on any atom is -0.392 e. The van der Waals surface area contributed by atoms with E-state index < -0.39 is 0 Å². The van der Waals surface area contributed by atoms with Crippen molar-refractivity contribution in [1.82, 2.24) is 9.55 Å². The van der Waals surface area contributed by atoms with Crippen molar-refractivity contribution in [2.75, 3.05) is 0 Å². The monoisotopic (exact) mass is 263 g/mol. The fourth-order valence-corrected chi connectivity index (χ4v) is 2.41. The summed E-state index contributed by atoms with van der Waals surface area (Å²) in [6.07, 6.45) is 3.60. The van der Waals surface area contributed by atoms with Gasteiger partial charge >= 0.3 is 0 Å². The molecule has 0 spiro atoms. The third-order valence-corrected chi connectivity index (χ3v) is 3.33. The van der Waals surface area contributed by atoms with Crippen molar-refractivity contribution < 1.29 is 5.11 Å². The van der Waals surface area contributed by atoms with Crippen molar-refractivity contribution in [3.8, 4) is 6.07 Å². The molecule has 4 heteroatoms. The summed E-state index contributed by atoms with van der Waals surface area (Å²) in [6.45, 7) is 0.672. The van der Waals surface area contributed by atoms with Gasteiger partial charge in [0.05, 0.1) is 6.61 Å². The van der Waals surface area contributed by atoms with Crippen LogP contribution in [0.1, 0.15) is 16.8 Å². The van der Waals surface area contributed by atoms with Gasteiger partial charge in [-0.25, -0.2) is 4.98 Å². The van der Waals surface area contributed by atoms with Crippen molar-refractivity contribution in [2.45, 2.75) is 13.2 Å². The Labute approximate surface area is 116 Å². The number of benzene rings is 1. The molecule has 1 aromatic carbocycles. The highest BCUT2D eigenvalue weighted by atomic mass is 16.3. The molecule has 0 radical (unpaired) electrons. The smallest absolute Gasteiger partial charge is 0.140 e. The van der Waals surface area contributed by atoms with Crippen molar-refractivity contribution in [3.05, 3.63) is 65.6 Å². The Morgan fingerprint density at radius 1 is 1.25 bits per heavy atom. The van der Waals surface area contributed by atoms with Crippen LogP contribution >= 0.6 is 0 Å². The summed E-state index contributed by atoms with van der Waals surface area (Å²) in [5.41, 5.74) is 3.42. The number of hydrogen-bond acceptors (Lipinski definition) is 3. The molecule has 3 rings (SSSR count). The van der Waals surface area contributed by atoms with Gasteiger partial charge in [0.1, 0.15) is 11.8 Å². The topological polar surface area (TPSA) is 61.8 Å². The lowest BCUT2D eigenvalue weighted by Crippen LogP contribution is -1.99. The molecule has 0 aliphatic heterocycles. The van der Waals surface area contributed by atoms with Crippen LogP contribution in [0.5, 0.6) is 0 Å². The summed E-state index contributed by atoms with van der Waals surface area (Å²) in [5.74, 6) is 0. The highest BCUT2D eigenvalue weighted by Gasteiger charge is 2.07. The average molecular weight is 263 g/mol. The Morgan fingerprint density at radius 2 is 2.10 bits per heavy atom. The number of rotatable bonds is 3. The predicted molar refractivity (Wildman–Crippen MR) is 75.9 cm³/mol. The fourth-order valence-electron chi connectivity index (χ4n) is 2.41. The van der Waals surface area contributed by atoms with Crippen LogP contribution in [0.15, 0.2) is 48.8 Å². The molecule has 20 heavy (non-hydrogen) atoms. The van der Waals surface area contributed by atoms with E-state index in [1.807, 2.05) is 42.6 Å². The number of hydrogen-bond donors (Lipinski definition) is 1. The molecule has 2 heterocycles. The lowest BCUT2D eigenvalue weighted by molar-refractivity contribution is 0.283. The summed E-state index contributed by atoms with van der Waals surface area (Å²) < 4.78 is 2.08. The number of pyridine rings is 1. The summed E-state index contributed by atoms with van der Waals surface area (Å²) in [5, 5.41) is 19.4. The van der Waals surface area contributed by atoms with Crippen molar-refractivity contribution in [2.24, 2.45) is 0 Å². The van der Waals surface area contributed by atoms with Crippen LogP contribution in [0.4, 0.5) is 0 Å². The predicted octanol–water partition coefficient (Wildman–Crippen LogP) is 2.45. The molecule has 0 saturated heterocycles. The Morgan fingerprint density at radius 3 is 2.90 bits per heavy atom. The maximum absolute atomic E-state index is 9.43. The Kier molecular flexibility index (Phi) is 3.20. The minimum absolute atomic E-state index is 0.0211. The summed E-state index contributed by atoms with van der Waals surface area (Å²) >= 11 is 0. The normalized spacial score (nSPS) is 10.6. The summed E-state index contributed by atoms with van der Waals surface area (Å²) in [7, 11) is 0. The van der Waals surface area contributed by atoms with Crippen LogP contribution in [0, 0.1) is 11.3 Å². The first-order chi connectivity index (χ1) is 9.81. The third-order valence-electron chi connectivity index (χ3n) is 3.33. The molecule has 0 unspecified atom stereocenters.